The molecule has 1 aromatic rings. The Labute approximate surface area is 171 Å². The number of benzene rings is 1. The molecule has 5 nitrogen and oxygen atoms in total. The van der Waals surface area contributed by atoms with Crippen molar-refractivity contribution in [3.8, 4) is 0 Å². The fourth-order valence-corrected chi connectivity index (χ4v) is 4.70. The third-order valence-electron chi connectivity index (χ3n) is 5.23. The van der Waals surface area contributed by atoms with Crippen LogP contribution in [0.3, 0.4) is 0 Å². The summed E-state index contributed by atoms with van der Waals surface area (Å²) in [6, 6.07) is 7.60. The van der Waals surface area contributed by atoms with E-state index in [2.05, 4.69) is 4.90 Å². The highest BCUT2D eigenvalue weighted by Crippen LogP contribution is 2.26. The highest BCUT2D eigenvalue weighted by atomic mass is 35.5. The van der Waals surface area contributed by atoms with Crippen molar-refractivity contribution in [1.82, 2.24) is 14.7 Å². The first-order valence-corrected chi connectivity index (χ1v) is 11.1. The number of hydrogen-bond donors (Lipinski definition) is 0. The quantitative estimate of drug-likeness (QED) is 0.701. The van der Waals surface area contributed by atoms with E-state index in [1.54, 1.807) is 0 Å². The summed E-state index contributed by atoms with van der Waals surface area (Å²) in [5.41, 5.74) is 0. The second-order valence-corrected chi connectivity index (χ2v) is 8.60. The van der Waals surface area contributed by atoms with Gasteiger partial charge in [0.2, 0.25) is 11.8 Å². The predicted molar refractivity (Wildman–Crippen MR) is 110 cm³/mol. The molecule has 0 aromatic heterocycles. The van der Waals surface area contributed by atoms with Gasteiger partial charge in [-0.1, -0.05) is 36.6 Å². The number of nitrogens with zero attached hydrogens (tertiary/aromatic N) is 3. The second kappa shape index (κ2) is 10.3. The molecule has 0 unspecified atom stereocenters. The Balaban J connectivity index is 1.39. The Morgan fingerprint density at radius 3 is 2.15 bits per heavy atom. The summed E-state index contributed by atoms with van der Waals surface area (Å²) >= 11 is 7.63. The van der Waals surface area contributed by atoms with Crippen LogP contribution in [0.2, 0.25) is 5.02 Å². The number of thioether (sulfide) groups is 1. The summed E-state index contributed by atoms with van der Waals surface area (Å²) < 4.78 is 0. The van der Waals surface area contributed by atoms with E-state index in [9.17, 15) is 9.59 Å². The minimum Gasteiger partial charge on any atom is -0.342 e. The van der Waals surface area contributed by atoms with Gasteiger partial charge in [0.1, 0.15) is 0 Å². The molecule has 1 aromatic carbocycles. The van der Waals surface area contributed by atoms with Crippen LogP contribution in [0.15, 0.2) is 29.2 Å². The minimum atomic E-state index is 0.137. The molecule has 0 atom stereocenters. The van der Waals surface area contributed by atoms with Crippen LogP contribution < -0.4 is 0 Å². The van der Waals surface area contributed by atoms with E-state index in [4.69, 9.17) is 11.6 Å². The third kappa shape index (κ3) is 6.13. The lowest BCUT2D eigenvalue weighted by Gasteiger charge is -2.35. The van der Waals surface area contributed by atoms with Crippen molar-refractivity contribution >= 4 is 35.2 Å². The van der Waals surface area contributed by atoms with Gasteiger partial charge in [-0.15, -0.1) is 11.8 Å². The summed E-state index contributed by atoms with van der Waals surface area (Å²) in [5.74, 6) is 0.778. The maximum absolute atomic E-state index is 12.5. The number of carbonyl (C=O) groups is 2. The number of likely N-dealkylation sites (tertiary alicyclic amines) is 1. The van der Waals surface area contributed by atoms with Gasteiger partial charge in [0.05, 0.1) is 17.3 Å². The monoisotopic (exact) mass is 409 g/mol. The number of amides is 2. The number of piperazine rings is 1. The van der Waals surface area contributed by atoms with Crippen LogP contribution in [0.25, 0.3) is 0 Å². The number of halogens is 1. The largest absolute Gasteiger partial charge is 0.342 e. The summed E-state index contributed by atoms with van der Waals surface area (Å²) in [6.45, 7) is 5.19. The zero-order valence-electron chi connectivity index (χ0n) is 15.7. The summed E-state index contributed by atoms with van der Waals surface area (Å²) in [7, 11) is 0. The Kier molecular flexibility index (Phi) is 7.85. The average Bonchev–Trinajstić information content (AvgIpc) is 2.97. The SMILES string of the molecule is O=C(CSc1ccccc1Cl)N1CCN(CC(=O)N2CCCCCC2)CC1. The minimum absolute atomic E-state index is 0.137. The lowest BCUT2D eigenvalue weighted by atomic mass is 10.2. The molecule has 0 bridgehead atoms. The van der Waals surface area contributed by atoms with Crippen molar-refractivity contribution in [2.75, 3.05) is 51.6 Å². The first-order valence-electron chi connectivity index (χ1n) is 9.79. The Hall–Kier alpha value is -1.24. The molecule has 2 aliphatic heterocycles. The van der Waals surface area contributed by atoms with Gasteiger partial charge in [0.15, 0.2) is 0 Å². The lowest BCUT2D eigenvalue weighted by Crippen LogP contribution is -2.52. The first kappa shape index (κ1) is 20.5. The second-order valence-electron chi connectivity index (χ2n) is 7.17. The Bertz CT molecular complexity index is 642. The van der Waals surface area contributed by atoms with Crippen LogP contribution >= 0.6 is 23.4 Å². The molecule has 0 saturated carbocycles. The van der Waals surface area contributed by atoms with Crippen LogP contribution in [0, 0.1) is 0 Å². The lowest BCUT2D eigenvalue weighted by molar-refractivity contribution is -0.134. The molecule has 2 fully saturated rings. The number of hydrogen-bond acceptors (Lipinski definition) is 4. The van der Waals surface area contributed by atoms with E-state index in [0.717, 1.165) is 43.9 Å². The highest BCUT2D eigenvalue weighted by molar-refractivity contribution is 8.00. The molecule has 0 radical (unpaired) electrons. The molecule has 7 heteroatoms. The molecule has 0 N–H and O–H groups in total. The van der Waals surface area contributed by atoms with Crippen molar-refractivity contribution in [2.45, 2.75) is 30.6 Å². The van der Waals surface area contributed by atoms with E-state index >= 15 is 0 Å². The smallest absolute Gasteiger partial charge is 0.236 e. The summed E-state index contributed by atoms with van der Waals surface area (Å²) in [4.78, 5) is 32.0. The van der Waals surface area contributed by atoms with Gasteiger partial charge >= 0.3 is 0 Å². The molecule has 2 heterocycles. The summed E-state index contributed by atoms with van der Waals surface area (Å²) in [5, 5.41) is 0.687. The van der Waals surface area contributed by atoms with E-state index in [1.165, 1.54) is 24.6 Å². The Morgan fingerprint density at radius 2 is 1.48 bits per heavy atom. The third-order valence-corrected chi connectivity index (χ3v) is 6.73. The highest BCUT2D eigenvalue weighted by Gasteiger charge is 2.24. The average molecular weight is 410 g/mol. The van der Waals surface area contributed by atoms with Crippen molar-refractivity contribution in [1.29, 1.82) is 0 Å². The topological polar surface area (TPSA) is 43.9 Å². The molecule has 27 heavy (non-hydrogen) atoms. The molecule has 0 aliphatic carbocycles. The van der Waals surface area contributed by atoms with Crippen LogP contribution in [0.5, 0.6) is 0 Å². The van der Waals surface area contributed by atoms with Gasteiger partial charge < -0.3 is 9.80 Å². The maximum atomic E-state index is 12.5. The van der Waals surface area contributed by atoms with Crippen LogP contribution in [0.4, 0.5) is 0 Å². The van der Waals surface area contributed by atoms with Crippen LogP contribution in [-0.2, 0) is 9.59 Å². The van der Waals surface area contributed by atoms with Crippen LogP contribution in [0.1, 0.15) is 25.7 Å². The van der Waals surface area contributed by atoms with Gasteiger partial charge in [0, 0.05) is 44.2 Å². The van der Waals surface area contributed by atoms with E-state index in [0.29, 0.717) is 30.4 Å². The fourth-order valence-electron chi connectivity index (χ4n) is 3.56. The van der Waals surface area contributed by atoms with Crippen molar-refractivity contribution in [3.05, 3.63) is 29.3 Å². The van der Waals surface area contributed by atoms with Crippen LogP contribution in [-0.4, -0.2) is 78.1 Å². The first-order chi connectivity index (χ1) is 13.1. The molecule has 2 saturated heterocycles. The molecular formula is C20H28ClN3O2S. The standard InChI is InChI=1S/C20H28ClN3O2S/c21-17-7-3-4-8-18(17)27-16-20(26)24-13-11-22(12-14-24)15-19(25)23-9-5-1-2-6-10-23/h3-4,7-8H,1-2,5-6,9-16H2. The van der Waals surface area contributed by atoms with Gasteiger partial charge in [-0.2, -0.15) is 0 Å². The fraction of sp³-hybridized carbons (Fsp3) is 0.600. The van der Waals surface area contributed by atoms with E-state index in [1.807, 2.05) is 34.1 Å². The number of rotatable bonds is 5. The van der Waals surface area contributed by atoms with Crippen molar-refractivity contribution in [2.24, 2.45) is 0 Å². The molecular weight excluding hydrogens is 382 g/mol. The van der Waals surface area contributed by atoms with Gasteiger partial charge in [-0.05, 0) is 25.0 Å². The zero-order chi connectivity index (χ0) is 19.1. The normalized spacial score (nSPS) is 19.0. The van der Waals surface area contributed by atoms with E-state index < -0.39 is 0 Å². The van der Waals surface area contributed by atoms with Gasteiger partial charge in [-0.3, -0.25) is 14.5 Å². The predicted octanol–water partition coefficient (Wildman–Crippen LogP) is 2.98. The number of carbonyl (C=O) groups excluding carboxylic acids is 2. The van der Waals surface area contributed by atoms with Gasteiger partial charge in [-0.25, -0.2) is 0 Å². The molecule has 148 valence electrons. The molecule has 2 amide bonds. The zero-order valence-corrected chi connectivity index (χ0v) is 17.3. The van der Waals surface area contributed by atoms with Gasteiger partial charge in [0.25, 0.3) is 0 Å². The Morgan fingerprint density at radius 1 is 0.852 bits per heavy atom. The van der Waals surface area contributed by atoms with E-state index in [-0.39, 0.29) is 11.8 Å². The molecule has 2 aliphatic rings. The van der Waals surface area contributed by atoms with Crippen molar-refractivity contribution < 1.29 is 9.59 Å². The van der Waals surface area contributed by atoms with Crippen molar-refractivity contribution in [3.63, 3.8) is 0 Å². The maximum Gasteiger partial charge on any atom is 0.236 e. The molecule has 0 spiro atoms. The summed E-state index contributed by atoms with van der Waals surface area (Å²) in [6.07, 6.45) is 4.71. The molecule has 3 rings (SSSR count).